The smallest absolute Gasteiger partial charge is 0.377 e. The van der Waals surface area contributed by atoms with E-state index in [9.17, 15) is 9.13 Å². The highest BCUT2D eigenvalue weighted by Gasteiger charge is 2.17. The quantitative estimate of drug-likeness (QED) is 0.512. The van der Waals surface area contributed by atoms with E-state index in [4.69, 9.17) is 0 Å². The molecule has 0 aliphatic carbocycles. The molecule has 9 heavy (non-hydrogen) atoms. The van der Waals surface area contributed by atoms with Crippen LogP contribution in [0.5, 0.6) is 0 Å². The van der Waals surface area contributed by atoms with E-state index in [1.54, 1.807) is 0 Å². The fourth-order valence-electron chi connectivity index (χ4n) is 0.316. The number of hydrogen-bond acceptors (Lipinski definition) is 5. The molecule has 0 aromatic heterocycles. The molecule has 0 bridgehead atoms. The first-order valence-corrected chi connectivity index (χ1v) is 4.44. The maximum Gasteiger partial charge on any atom is 0.377 e. The van der Waals surface area contributed by atoms with Gasteiger partial charge in [-0.05, 0) is 6.58 Å². The molecule has 7 heteroatoms. The summed E-state index contributed by atoms with van der Waals surface area (Å²) in [7, 11) is -5.26. The predicted octanol–water partition coefficient (Wildman–Crippen LogP) is 1.30. The zero-order valence-corrected chi connectivity index (χ0v) is 6.25. The minimum Gasteiger partial charge on any atom is -0.393 e. The van der Waals surface area contributed by atoms with Crippen molar-refractivity contribution < 1.29 is 22.5 Å². The van der Waals surface area contributed by atoms with Gasteiger partial charge in [0.05, 0.1) is 0 Å². The van der Waals surface area contributed by atoms with Gasteiger partial charge in [0, 0.05) is 0 Å². The highest BCUT2D eigenvalue weighted by Crippen LogP contribution is 2.48. The molecule has 0 aromatic rings. The Labute approximate surface area is 52.5 Å². The van der Waals surface area contributed by atoms with E-state index >= 15 is 0 Å². The van der Waals surface area contributed by atoms with Gasteiger partial charge < -0.3 is 9.05 Å². The second-order valence-electron chi connectivity index (χ2n) is 1.18. The minimum atomic E-state index is -2.63. The minimum absolute atomic E-state index is 0.200. The van der Waals surface area contributed by atoms with E-state index in [2.05, 4.69) is 19.9 Å². The Morgan fingerprint density at radius 2 is 1.67 bits per heavy atom. The van der Waals surface area contributed by atoms with Crippen LogP contribution in [-0.2, 0) is 22.5 Å². The highest BCUT2D eigenvalue weighted by atomic mass is 31.2. The van der Waals surface area contributed by atoms with Crippen LogP contribution >= 0.6 is 16.5 Å². The number of rotatable bonds is 0. The van der Waals surface area contributed by atoms with Crippen molar-refractivity contribution >= 4 is 16.5 Å². The Morgan fingerprint density at radius 1 is 1.22 bits per heavy atom. The van der Waals surface area contributed by atoms with E-state index in [0.29, 0.717) is 0 Å². The monoisotopic (exact) mass is 170 g/mol. The summed E-state index contributed by atoms with van der Waals surface area (Å²) in [6.07, 6.45) is 0. The first-order chi connectivity index (χ1) is 4.18. The lowest BCUT2D eigenvalue weighted by Crippen LogP contribution is -1.90. The maximum absolute atomic E-state index is 10.3. The molecule has 0 radical (unpaired) electrons. The van der Waals surface area contributed by atoms with Crippen LogP contribution in [0.15, 0.2) is 12.5 Å². The Morgan fingerprint density at radius 3 is 2.00 bits per heavy atom. The molecule has 1 heterocycles. The lowest BCUT2D eigenvalue weighted by Gasteiger charge is -2.14. The molecule has 1 aliphatic rings. The van der Waals surface area contributed by atoms with Gasteiger partial charge in [0.1, 0.15) is 0 Å². The zero-order chi connectivity index (χ0) is 6.85. The second-order valence-corrected chi connectivity index (χ2v) is 3.40. The molecule has 2 atom stereocenters. The summed E-state index contributed by atoms with van der Waals surface area (Å²) in [6.45, 7) is 3.14. The van der Waals surface area contributed by atoms with Gasteiger partial charge >= 0.3 is 16.5 Å². The van der Waals surface area contributed by atoms with E-state index in [1.165, 1.54) is 0 Å². The van der Waals surface area contributed by atoms with Crippen LogP contribution in [0.25, 0.3) is 0 Å². The summed E-state index contributed by atoms with van der Waals surface area (Å²) in [5.41, 5.74) is 0. The molecule has 2 unspecified atom stereocenters. The van der Waals surface area contributed by atoms with Crippen LogP contribution in [-0.4, -0.2) is 0 Å². The van der Waals surface area contributed by atoms with Gasteiger partial charge in [0.2, 0.25) is 0 Å². The first kappa shape index (κ1) is 6.87. The fraction of sp³-hybridized carbons (Fsp3) is 0. The summed E-state index contributed by atoms with van der Waals surface area (Å²) in [4.78, 5) is 0. The molecule has 0 N–H and O–H groups in total. The van der Waals surface area contributed by atoms with E-state index in [0.717, 1.165) is 0 Å². The van der Waals surface area contributed by atoms with Gasteiger partial charge in [-0.25, -0.2) is 13.4 Å². The molecule has 0 spiro atoms. The molecule has 0 aromatic carbocycles. The molecular weight excluding hydrogens is 166 g/mol. The molecule has 1 aliphatic heterocycles. The van der Waals surface area contributed by atoms with Gasteiger partial charge in [-0.1, -0.05) is 0 Å². The van der Waals surface area contributed by atoms with Crippen molar-refractivity contribution in [2.45, 2.75) is 0 Å². The molecule has 1 fully saturated rings. The van der Waals surface area contributed by atoms with Gasteiger partial charge in [-0.15, -0.1) is 0 Å². The lowest BCUT2D eigenvalue weighted by atomic mass is 11.1. The average molecular weight is 170 g/mol. The third-order valence-corrected chi connectivity index (χ3v) is 2.68. The fourth-order valence-corrected chi connectivity index (χ4v) is 1.73. The average Bonchev–Trinajstić information content (AvgIpc) is 1.59. The van der Waals surface area contributed by atoms with Gasteiger partial charge in [0.15, 0.2) is 0 Å². The van der Waals surface area contributed by atoms with Crippen LogP contribution in [0.1, 0.15) is 0 Å². The lowest BCUT2D eigenvalue weighted by molar-refractivity contribution is 0.179. The molecule has 1 saturated heterocycles. The standard InChI is InChI=1S/C2H4O5P2/c1-2-5-8(3)7-9(4)6-2/h8-9H,1H2. The first-order valence-electron chi connectivity index (χ1n) is 1.99. The summed E-state index contributed by atoms with van der Waals surface area (Å²) in [5.74, 6) is -0.200. The van der Waals surface area contributed by atoms with Crippen molar-refractivity contribution in [3.05, 3.63) is 12.5 Å². The van der Waals surface area contributed by atoms with Crippen molar-refractivity contribution in [1.82, 2.24) is 0 Å². The largest absolute Gasteiger partial charge is 0.393 e. The number of hydrogen-bond donors (Lipinski definition) is 0. The summed E-state index contributed by atoms with van der Waals surface area (Å²) >= 11 is 0. The molecule has 0 saturated carbocycles. The van der Waals surface area contributed by atoms with E-state index in [1.807, 2.05) is 0 Å². The third-order valence-electron chi connectivity index (χ3n) is 0.561. The molecule has 52 valence electrons. The van der Waals surface area contributed by atoms with E-state index < -0.39 is 16.5 Å². The van der Waals surface area contributed by atoms with Crippen molar-refractivity contribution in [1.29, 1.82) is 0 Å². The topological polar surface area (TPSA) is 61.8 Å². The van der Waals surface area contributed by atoms with Crippen LogP contribution in [0.4, 0.5) is 0 Å². The van der Waals surface area contributed by atoms with Crippen LogP contribution < -0.4 is 0 Å². The Hall–Kier alpha value is -0.240. The Balaban J connectivity index is 2.64. The summed E-state index contributed by atoms with van der Waals surface area (Å²) < 4.78 is 33.3. The Kier molecular flexibility index (Phi) is 1.96. The van der Waals surface area contributed by atoms with Crippen molar-refractivity contribution in [2.24, 2.45) is 0 Å². The summed E-state index contributed by atoms with van der Waals surface area (Å²) in [6, 6.07) is 0. The van der Waals surface area contributed by atoms with Crippen molar-refractivity contribution in [2.75, 3.05) is 0 Å². The molecular formula is C2H4O5P2. The molecule has 0 amide bonds. The third kappa shape index (κ3) is 1.86. The normalized spacial score (nSPS) is 34.9. The Bertz CT molecular complexity index is 140. The van der Waals surface area contributed by atoms with Crippen molar-refractivity contribution in [3.63, 3.8) is 0 Å². The highest BCUT2D eigenvalue weighted by molar-refractivity contribution is 7.48. The second kappa shape index (κ2) is 2.56. The summed E-state index contributed by atoms with van der Waals surface area (Å²) in [5, 5.41) is 0. The zero-order valence-electron chi connectivity index (χ0n) is 4.25. The molecule has 5 nitrogen and oxygen atoms in total. The van der Waals surface area contributed by atoms with E-state index in [-0.39, 0.29) is 5.95 Å². The SMILES string of the molecule is C=C1O[PH](=O)O[PH](=O)O1. The van der Waals surface area contributed by atoms with Gasteiger partial charge in [-0.3, -0.25) is 0 Å². The van der Waals surface area contributed by atoms with Crippen LogP contribution in [0.3, 0.4) is 0 Å². The van der Waals surface area contributed by atoms with Gasteiger partial charge in [-0.2, -0.15) is 0 Å². The maximum atomic E-state index is 10.3. The van der Waals surface area contributed by atoms with Crippen LogP contribution in [0.2, 0.25) is 0 Å². The predicted molar refractivity (Wildman–Crippen MR) is 30.4 cm³/mol. The molecule has 1 rings (SSSR count). The van der Waals surface area contributed by atoms with Gasteiger partial charge in [0.25, 0.3) is 5.95 Å². The van der Waals surface area contributed by atoms with Crippen LogP contribution in [0, 0.1) is 0 Å². The van der Waals surface area contributed by atoms with Crippen molar-refractivity contribution in [3.8, 4) is 0 Å².